The molecule has 0 bridgehead atoms. The molecular formula is C16H23FN2O. The van der Waals surface area contributed by atoms with Gasteiger partial charge in [0, 0.05) is 25.2 Å². The van der Waals surface area contributed by atoms with Crippen molar-refractivity contribution in [1.29, 1.82) is 0 Å². The number of carbonyl (C=O) groups excluding carboxylic acids is 1. The summed E-state index contributed by atoms with van der Waals surface area (Å²) in [5.74, 6) is 0.476. The largest absolute Gasteiger partial charge is 0.399 e. The van der Waals surface area contributed by atoms with Crippen LogP contribution in [0.15, 0.2) is 18.2 Å². The van der Waals surface area contributed by atoms with Crippen LogP contribution in [0.3, 0.4) is 0 Å². The Kier molecular flexibility index (Phi) is 4.99. The maximum Gasteiger partial charge on any atom is 0.222 e. The number of carbonyl (C=O) groups is 1. The minimum atomic E-state index is -0.342. The van der Waals surface area contributed by atoms with E-state index in [1.807, 2.05) is 4.90 Å². The lowest BCUT2D eigenvalue weighted by molar-refractivity contribution is -0.131. The van der Waals surface area contributed by atoms with Gasteiger partial charge in [-0.25, -0.2) is 4.39 Å². The van der Waals surface area contributed by atoms with E-state index in [0.29, 0.717) is 24.6 Å². The first-order chi connectivity index (χ1) is 9.58. The van der Waals surface area contributed by atoms with E-state index in [0.717, 1.165) is 24.9 Å². The molecule has 2 rings (SSSR count). The second-order valence-electron chi connectivity index (χ2n) is 5.69. The highest BCUT2D eigenvalue weighted by Gasteiger charge is 2.22. The Labute approximate surface area is 120 Å². The molecule has 0 radical (unpaired) electrons. The summed E-state index contributed by atoms with van der Waals surface area (Å²) in [5, 5.41) is 0. The van der Waals surface area contributed by atoms with Crippen molar-refractivity contribution in [3.05, 3.63) is 29.6 Å². The first-order valence-corrected chi connectivity index (χ1v) is 7.41. The smallest absolute Gasteiger partial charge is 0.222 e. The molecule has 0 aliphatic carbocycles. The Bertz CT molecular complexity index is 455. The van der Waals surface area contributed by atoms with Gasteiger partial charge in [0.05, 0.1) is 0 Å². The number of anilines is 1. The Morgan fingerprint density at radius 2 is 2.15 bits per heavy atom. The summed E-state index contributed by atoms with van der Waals surface area (Å²) in [5.41, 5.74) is 6.83. The van der Waals surface area contributed by atoms with Crippen molar-refractivity contribution in [2.45, 2.75) is 45.6 Å². The van der Waals surface area contributed by atoms with Crippen LogP contribution >= 0.6 is 0 Å². The number of nitrogens with zero attached hydrogens (tertiary/aromatic N) is 1. The molecule has 20 heavy (non-hydrogen) atoms. The SMILES string of the molecule is CCCC1CCC(=O)N(Cc2cc(N)cc(F)c2)CC1. The number of rotatable bonds is 4. The van der Waals surface area contributed by atoms with Crippen molar-refractivity contribution in [3.63, 3.8) is 0 Å². The number of nitrogens with two attached hydrogens (primary N) is 1. The highest BCUT2D eigenvalue weighted by Crippen LogP contribution is 2.24. The normalized spacial score (nSPS) is 20.0. The number of halogens is 1. The van der Waals surface area contributed by atoms with Crippen molar-refractivity contribution in [3.8, 4) is 0 Å². The lowest BCUT2D eigenvalue weighted by Gasteiger charge is -2.21. The maximum atomic E-state index is 13.3. The average Bonchev–Trinajstić information content (AvgIpc) is 2.53. The van der Waals surface area contributed by atoms with E-state index in [1.54, 1.807) is 6.07 Å². The fraction of sp³-hybridized carbons (Fsp3) is 0.562. The second-order valence-corrected chi connectivity index (χ2v) is 5.69. The molecular weight excluding hydrogens is 255 g/mol. The maximum absolute atomic E-state index is 13.3. The highest BCUT2D eigenvalue weighted by molar-refractivity contribution is 5.76. The first-order valence-electron chi connectivity index (χ1n) is 7.41. The summed E-state index contributed by atoms with van der Waals surface area (Å²) in [6.45, 7) is 3.40. The second kappa shape index (κ2) is 6.73. The molecule has 4 heteroatoms. The van der Waals surface area contributed by atoms with Crippen molar-refractivity contribution in [2.24, 2.45) is 5.92 Å². The van der Waals surface area contributed by atoms with Crippen molar-refractivity contribution in [1.82, 2.24) is 4.90 Å². The van der Waals surface area contributed by atoms with Crippen molar-refractivity contribution in [2.75, 3.05) is 12.3 Å². The number of hydrogen-bond donors (Lipinski definition) is 1. The third kappa shape index (κ3) is 3.95. The quantitative estimate of drug-likeness (QED) is 0.859. The monoisotopic (exact) mass is 278 g/mol. The van der Waals surface area contributed by atoms with Crippen LogP contribution in [0.1, 0.15) is 44.6 Å². The number of hydrogen-bond acceptors (Lipinski definition) is 2. The van der Waals surface area contributed by atoms with Crippen LogP contribution in [0, 0.1) is 11.7 Å². The van der Waals surface area contributed by atoms with E-state index in [-0.39, 0.29) is 11.7 Å². The molecule has 0 spiro atoms. The molecule has 1 fully saturated rings. The number of nitrogen functional groups attached to an aromatic ring is 1. The van der Waals surface area contributed by atoms with E-state index in [4.69, 9.17) is 5.73 Å². The molecule has 2 N–H and O–H groups in total. The molecule has 1 aliphatic heterocycles. The van der Waals surface area contributed by atoms with Gasteiger partial charge in [0.1, 0.15) is 5.82 Å². The molecule has 1 saturated heterocycles. The third-order valence-electron chi connectivity index (χ3n) is 3.98. The topological polar surface area (TPSA) is 46.3 Å². The Morgan fingerprint density at radius 1 is 1.35 bits per heavy atom. The van der Waals surface area contributed by atoms with Gasteiger partial charge in [-0.3, -0.25) is 4.79 Å². The first kappa shape index (κ1) is 14.8. The minimum Gasteiger partial charge on any atom is -0.399 e. The molecule has 1 aromatic carbocycles. The third-order valence-corrected chi connectivity index (χ3v) is 3.98. The summed E-state index contributed by atoms with van der Waals surface area (Å²) in [6.07, 6.45) is 4.99. The van der Waals surface area contributed by atoms with Gasteiger partial charge < -0.3 is 10.6 Å². The van der Waals surface area contributed by atoms with Crippen molar-refractivity contribution < 1.29 is 9.18 Å². The predicted molar refractivity (Wildman–Crippen MR) is 78.5 cm³/mol. The van der Waals surface area contributed by atoms with E-state index >= 15 is 0 Å². The van der Waals surface area contributed by atoms with Crippen LogP contribution in [0.2, 0.25) is 0 Å². The van der Waals surface area contributed by atoms with E-state index in [2.05, 4.69) is 6.92 Å². The van der Waals surface area contributed by atoms with Crippen LogP contribution in [-0.2, 0) is 11.3 Å². The summed E-state index contributed by atoms with van der Waals surface area (Å²) in [6, 6.07) is 4.49. The molecule has 1 amide bonds. The molecule has 110 valence electrons. The van der Waals surface area contributed by atoms with Crippen LogP contribution < -0.4 is 5.73 Å². The fourth-order valence-electron chi connectivity index (χ4n) is 2.94. The van der Waals surface area contributed by atoms with Crippen LogP contribution in [0.5, 0.6) is 0 Å². The molecule has 0 aromatic heterocycles. The minimum absolute atomic E-state index is 0.173. The molecule has 1 heterocycles. The Hall–Kier alpha value is -1.58. The zero-order chi connectivity index (χ0) is 14.5. The van der Waals surface area contributed by atoms with Gasteiger partial charge in [0.25, 0.3) is 0 Å². The number of likely N-dealkylation sites (tertiary alicyclic amines) is 1. The fourth-order valence-corrected chi connectivity index (χ4v) is 2.94. The average molecular weight is 278 g/mol. The van der Waals surface area contributed by atoms with Crippen LogP contribution in [0.4, 0.5) is 10.1 Å². The van der Waals surface area contributed by atoms with Gasteiger partial charge in [0.15, 0.2) is 0 Å². The Morgan fingerprint density at radius 3 is 2.85 bits per heavy atom. The lowest BCUT2D eigenvalue weighted by Crippen LogP contribution is -2.29. The van der Waals surface area contributed by atoms with Gasteiger partial charge in [0.2, 0.25) is 5.91 Å². The summed E-state index contributed by atoms with van der Waals surface area (Å²) >= 11 is 0. The molecule has 3 nitrogen and oxygen atoms in total. The van der Waals surface area contributed by atoms with E-state index < -0.39 is 0 Å². The summed E-state index contributed by atoms with van der Waals surface area (Å²) in [4.78, 5) is 14.0. The molecule has 1 unspecified atom stereocenters. The van der Waals surface area contributed by atoms with Gasteiger partial charge >= 0.3 is 0 Å². The number of benzene rings is 1. The van der Waals surface area contributed by atoms with Crippen LogP contribution in [-0.4, -0.2) is 17.4 Å². The molecule has 1 aromatic rings. The van der Waals surface area contributed by atoms with Gasteiger partial charge in [-0.1, -0.05) is 19.8 Å². The van der Waals surface area contributed by atoms with Gasteiger partial charge in [-0.05, 0) is 42.5 Å². The molecule has 1 aliphatic rings. The highest BCUT2D eigenvalue weighted by atomic mass is 19.1. The van der Waals surface area contributed by atoms with E-state index in [1.165, 1.54) is 25.0 Å². The van der Waals surface area contributed by atoms with Crippen molar-refractivity contribution >= 4 is 11.6 Å². The Balaban J connectivity index is 2.02. The van der Waals surface area contributed by atoms with E-state index in [9.17, 15) is 9.18 Å². The summed E-state index contributed by atoms with van der Waals surface area (Å²) in [7, 11) is 0. The molecule has 0 saturated carbocycles. The van der Waals surface area contributed by atoms with Gasteiger partial charge in [-0.2, -0.15) is 0 Å². The van der Waals surface area contributed by atoms with Crippen LogP contribution in [0.25, 0.3) is 0 Å². The van der Waals surface area contributed by atoms with Gasteiger partial charge in [-0.15, -0.1) is 0 Å². The summed E-state index contributed by atoms with van der Waals surface area (Å²) < 4.78 is 13.3. The standard InChI is InChI=1S/C16H23FN2O/c1-2-3-12-4-5-16(20)19(7-6-12)11-13-8-14(17)10-15(18)9-13/h8-10,12H,2-7,11,18H2,1H3. The number of amides is 1. The predicted octanol–water partition coefficient (Wildman–Crippen LogP) is 3.34. The zero-order valence-electron chi connectivity index (χ0n) is 12.1. The lowest BCUT2D eigenvalue weighted by atomic mass is 9.96. The zero-order valence-corrected chi connectivity index (χ0v) is 12.1. The molecule has 1 atom stereocenters.